The molecule has 0 saturated heterocycles. The van der Waals surface area contributed by atoms with Crippen molar-refractivity contribution in [3.8, 4) is 11.6 Å². The first kappa shape index (κ1) is 16.8. The number of hydrogen-bond acceptors (Lipinski definition) is 3. The van der Waals surface area contributed by atoms with Crippen molar-refractivity contribution in [1.82, 2.24) is 9.55 Å². The minimum atomic E-state index is -0.339. The molecule has 1 aliphatic heterocycles. The molecular weight excluding hydrogens is 346 g/mol. The van der Waals surface area contributed by atoms with E-state index in [-0.39, 0.29) is 22.3 Å². The normalized spacial score (nSPS) is 16.3. The summed E-state index contributed by atoms with van der Waals surface area (Å²) in [5, 5.41) is 13.1. The summed E-state index contributed by atoms with van der Waals surface area (Å²) >= 11 is 5.32. The third-order valence-electron chi connectivity index (χ3n) is 4.93. The lowest BCUT2D eigenvalue weighted by Gasteiger charge is -2.24. The number of quaternary nitrogens is 1. The molecule has 4 rings (SSSR count). The predicted molar refractivity (Wildman–Crippen MR) is 102 cm³/mol. The van der Waals surface area contributed by atoms with Crippen LogP contribution in [0.5, 0.6) is 5.88 Å². The van der Waals surface area contributed by atoms with Crippen LogP contribution in [0.2, 0.25) is 0 Å². The van der Waals surface area contributed by atoms with Gasteiger partial charge < -0.3 is 10.4 Å². The maximum atomic E-state index is 12.7. The summed E-state index contributed by atoms with van der Waals surface area (Å²) in [7, 11) is 0. The maximum absolute atomic E-state index is 12.7. The number of hydrogen-bond donors (Lipinski definition) is 3. The molecule has 0 bridgehead atoms. The first-order valence-electron chi connectivity index (χ1n) is 8.62. The first-order chi connectivity index (χ1) is 12.6. The Hall–Kier alpha value is -2.70. The van der Waals surface area contributed by atoms with Gasteiger partial charge in [-0.25, -0.2) is 0 Å². The molecule has 1 atom stereocenters. The summed E-state index contributed by atoms with van der Waals surface area (Å²) in [6.07, 6.45) is 0.947. The molecule has 6 heteroatoms. The predicted octanol–water partition coefficient (Wildman–Crippen LogP) is 2.12. The van der Waals surface area contributed by atoms with Crippen molar-refractivity contribution in [2.45, 2.75) is 19.4 Å². The van der Waals surface area contributed by atoms with E-state index in [1.54, 1.807) is 0 Å². The standard InChI is InChI=1S/C20H19N3O2S/c1-12-6-8-14(9-7-12)23-19(25)16(18(24)22-20(23)26)17-15-5-3-2-4-13(15)10-11-21-17/h2-9,17,21,25H,10-11H2,1H3,(H,22,24,26)/p+1/t17-/m0/s1. The van der Waals surface area contributed by atoms with Crippen LogP contribution in [0.1, 0.15) is 28.3 Å². The molecule has 0 saturated carbocycles. The Morgan fingerprint density at radius 3 is 2.69 bits per heavy atom. The monoisotopic (exact) mass is 366 g/mol. The lowest BCUT2D eigenvalue weighted by molar-refractivity contribution is -0.690. The fourth-order valence-electron chi connectivity index (χ4n) is 3.62. The number of aromatic hydroxyl groups is 1. The highest BCUT2D eigenvalue weighted by Gasteiger charge is 2.31. The number of benzene rings is 2. The lowest BCUT2D eigenvalue weighted by Crippen LogP contribution is -2.87. The molecule has 3 aromatic rings. The minimum absolute atomic E-state index is 0.0967. The number of H-pyrrole nitrogens is 1. The molecule has 0 aliphatic carbocycles. The molecule has 0 fully saturated rings. The number of nitrogens with zero attached hydrogens (tertiary/aromatic N) is 1. The van der Waals surface area contributed by atoms with Gasteiger partial charge in [0, 0.05) is 12.0 Å². The topological polar surface area (TPSA) is 74.6 Å². The average Bonchev–Trinajstić information content (AvgIpc) is 2.63. The van der Waals surface area contributed by atoms with Gasteiger partial charge in [0.25, 0.3) is 5.56 Å². The van der Waals surface area contributed by atoms with Crippen LogP contribution in [0.4, 0.5) is 0 Å². The van der Waals surface area contributed by atoms with Crippen LogP contribution in [0.3, 0.4) is 0 Å². The van der Waals surface area contributed by atoms with Crippen LogP contribution in [0.25, 0.3) is 5.69 Å². The molecule has 0 unspecified atom stereocenters. The summed E-state index contributed by atoms with van der Waals surface area (Å²) in [6.45, 7) is 2.86. The van der Waals surface area contributed by atoms with Crippen LogP contribution >= 0.6 is 12.2 Å². The van der Waals surface area contributed by atoms with Crippen LogP contribution in [0, 0.1) is 11.7 Å². The number of nitrogens with two attached hydrogens (primary N) is 1. The summed E-state index contributed by atoms with van der Waals surface area (Å²) in [6, 6.07) is 15.5. The fraction of sp³-hybridized carbons (Fsp3) is 0.200. The first-order valence-corrected chi connectivity index (χ1v) is 9.03. The highest BCUT2D eigenvalue weighted by molar-refractivity contribution is 7.71. The zero-order valence-electron chi connectivity index (χ0n) is 14.4. The fourth-order valence-corrected chi connectivity index (χ4v) is 3.91. The number of rotatable bonds is 2. The second-order valence-electron chi connectivity index (χ2n) is 6.62. The van der Waals surface area contributed by atoms with Gasteiger partial charge in [0.15, 0.2) is 4.77 Å². The van der Waals surface area contributed by atoms with E-state index in [4.69, 9.17) is 12.2 Å². The van der Waals surface area contributed by atoms with E-state index in [9.17, 15) is 9.90 Å². The molecule has 132 valence electrons. The maximum Gasteiger partial charge on any atom is 0.265 e. The highest BCUT2D eigenvalue weighted by Crippen LogP contribution is 2.29. The van der Waals surface area contributed by atoms with Crippen LogP contribution < -0.4 is 10.9 Å². The molecular formula is C20H20N3O2S+. The van der Waals surface area contributed by atoms with Gasteiger partial charge >= 0.3 is 0 Å². The zero-order valence-corrected chi connectivity index (χ0v) is 15.2. The third kappa shape index (κ3) is 2.77. The number of fused-ring (bicyclic) bond motifs is 1. The molecule has 26 heavy (non-hydrogen) atoms. The second-order valence-corrected chi connectivity index (χ2v) is 7.01. The van der Waals surface area contributed by atoms with Crippen molar-refractivity contribution < 1.29 is 10.4 Å². The van der Waals surface area contributed by atoms with Crippen molar-refractivity contribution in [1.29, 1.82) is 0 Å². The number of aromatic nitrogens is 2. The second kappa shape index (κ2) is 6.55. The Morgan fingerprint density at radius 2 is 1.92 bits per heavy atom. The average molecular weight is 366 g/mol. The van der Waals surface area contributed by atoms with Gasteiger partial charge in [0.05, 0.1) is 12.2 Å². The van der Waals surface area contributed by atoms with Crippen LogP contribution in [0.15, 0.2) is 53.3 Å². The van der Waals surface area contributed by atoms with E-state index in [0.29, 0.717) is 5.56 Å². The summed E-state index contributed by atoms with van der Waals surface area (Å²) in [5.74, 6) is -0.0967. The van der Waals surface area contributed by atoms with E-state index in [1.807, 2.05) is 49.4 Å². The van der Waals surface area contributed by atoms with Gasteiger partial charge in [-0.05, 0) is 36.8 Å². The summed E-state index contributed by atoms with van der Waals surface area (Å²) < 4.78 is 1.71. The van der Waals surface area contributed by atoms with Crippen molar-refractivity contribution in [2.24, 2.45) is 0 Å². The van der Waals surface area contributed by atoms with Crippen LogP contribution in [-0.2, 0) is 6.42 Å². The quantitative estimate of drug-likeness (QED) is 0.608. The minimum Gasteiger partial charge on any atom is -0.494 e. The molecule has 2 aromatic carbocycles. The van der Waals surface area contributed by atoms with Gasteiger partial charge in [0.1, 0.15) is 11.6 Å². The van der Waals surface area contributed by atoms with E-state index in [0.717, 1.165) is 29.8 Å². The van der Waals surface area contributed by atoms with E-state index < -0.39 is 0 Å². The Morgan fingerprint density at radius 1 is 1.19 bits per heavy atom. The molecule has 0 spiro atoms. The van der Waals surface area contributed by atoms with Crippen molar-refractivity contribution in [2.75, 3.05) is 6.54 Å². The summed E-state index contributed by atoms with van der Waals surface area (Å²) in [4.78, 5) is 15.4. The Kier molecular flexibility index (Phi) is 4.22. The van der Waals surface area contributed by atoms with E-state index >= 15 is 0 Å². The zero-order chi connectivity index (χ0) is 18.3. The smallest absolute Gasteiger partial charge is 0.265 e. The number of aromatic amines is 1. The van der Waals surface area contributed by atoms with Gasteiger partial charge in [-0.1, -0.05) is 42.0 Å². The molecule has 2 heterocycles. The van der Waals surface area contributed by atoms with Crippen molar-refractivity contribution in [3.63, 3.8) is 0 Å². The number of aryl methyl sites for hydroxylation is 1. The SMILES string of the molecule is Cc1ccc(-n2c(O)c([C@H]3[NH2+]CCc4ccccc43)c(=O)[nH]c2=S)cc1. The van der Waals surface area contributed by atoms with Gasteiger partial charge in [-0.15, -0.1) is 0 Å². The molecule has 5 nitrogen and oxygen atoms in total. The highest BCUT2D eigenvalue weighted by atomic mass is 32.1. The van der Waals surface area contributed by atoms with Gasteiger partial charge in [0.2, 0.25) is 5.88 Å². The largest absolute Gasteiger partial charge is 0.494 e. The Balaban J connectivity index is 1.94. The molecule has 0 amide bonds. The Bertz CT molecular complexity index is 1080. The van der Waals surface area contributed by atoms with Crippen molar-refractivity contribution >= 4 is 12.2 Å². The molecule has 1 aliphatic rings. The number of nitrogens with one attached hydrogen (secondary N) is 1. The lowest BCUT2D eigenvalue weighted by atomic mass is 9.90. The Labute approximate surface area is 156 Å². The molecule has 0 radical (unpaired) electrons. The van der Waals surface area contributed by atoms with Crippen LogP contribution in [-0.4, -0.2) is 21.2 Å². The van der Waals surface area contributed by atoms with E-state index in [1.165, 1.54) is 10.1 Å². The van der Waals surface area contributed by atoms with Crippen molar-refractivity contribution in [3.05, 3.63) is 85.9 Å². The molecule has 4 N–H and O–H groups in total. The summed E-state index contributed by atoms with van der Waals surface area (Å²) in [5.41, 5.74) is 4.11. The molecule has 1 aromatic heterocycles. The van der Waals surface area contributed by atoms with Gasteiger partial charge in [-0.3, -0.25) is 14.3 Å². The van der Waals surface area contributed by atoms with Gasteiger partial charge in [-0.2, -0.15) is 0 Å². The van der Waals surface area contributed by atoms with E-state index in [2.05, 4.69) is 16.4 Å². The third-order valence-corrected chi connectivity index (χ3v) is 5.21.